The van der Waals surface area contributed by atoms with E-state index in [1.807, 2.05) is 36.4 Å². The van der Waals surface area contributed by atoms with Crippen molar-refractivity contribution in [1.82, 2.24) is 0 Å². The molecule has 0 bridgehead atoms. The molecule has 5 aromatic rings. The van der Waals surface area contributed by atoms with Gasteiger partial charge in [-0.05, 0) is 70.0 Å². The van der Waals surface area contributed by atoms with Gasteiger partial charge < -0.3 is 9.47 Å². The van der Waals surface area contributed by atoms with Crippen molar-refractivity contribution in [2.24, 2.45) is 0 Å². The van der Waals surface area contributed by atoms with Gasteiger partial charge in [0, 0.05) is 11.3 Å². The zero-order valence-corrected chi connectivity index (χ0v) is 20.0. The molecule has 0 aromatic heterocycles. The first kappa shape index (κ1) is 22.5. The third kappa shape index (κ3) is 4.32. The van der Waals surface area contributed by atoms with Crippen molar-refractivity contribution >= 4 is 21.5 Å². The highest BCUT2D eigenvalue weighted by atomic mass is 16.5. The number of methoxy groups -OCH3 is 2. The molecule has 5 aromatic carbocycles. The standard InChI is InChI=1S/C32H27NO2/c1-34-24-16-11-22(12-17-24)13-20-26(23-14-18-25(35-2)19-15-23)32-30-10-6-5-8-28(30)27-7-3-4-9-29(27)31(32)21-33/h3-12,14-19,26H,13,20H2,1-2H3. The van der Waals surface area contributed by atoms with Crippen LogP contribution >= 0.6 is 0 Å². The second-order valence-corrected chi connectivity index (χ2v) is 8.70. The number of hydrogen-bond donors (Lipinski definition) is 0. The molecule has 1 unspecified atom stereocenters. The van der Waals surface area contributed by atoms with E-state index in [1.165, 1.54) is 16.5 Å². The Balaban J connectivity index is 1.70. The minimum atomic E-state index is 0.0483. The van der Waals surface area contributed by atoms with Crippen molar-refractivity contribution in [3.8, 4) is 17.6 Å². The van der Waals surface area contributed by atoms with E-state index < -0.39 is 0 Å². The number of hydrogen-bond acceptors (Lipinski definition) is 3. The summed E-state index contributed by atoms with van der Waals surface area (Å²) in [7, 11) is 3.36. The molecular weight excluding hydrogens is 430 g/mol. The summed E-state index contributed by atoms with van der Waals surface area (Å²) in [5.74, 6) is 1.73. The summed E-state index contributed by atoms with van der Waals surface area (Å²) in [6.45, 7) is 0. The van der Waals surface area contributed by atoms with Crippen LogP contribution in [0, 0.1) is 11.3 Å². The lowest BCUT2D eigenvalue weighted by Crippen LogP contribution is -2.07. The number of nitriles is 1. The van der Waals surface area contributed by atoms with Gasteiger partial charge in [0.15, 0.2) is 0 Å². The number of fused-ring (bicyclic) bond motifs is 3. The summed E-state index contributed by atoms with van der Waals surface area (Å²) in [6, 6.07) is 35.8. The lowest BCUT2D eigenvalue weighted by Gasteiger charge is -2.23. The van der Waals surface area contributed by atoms with Crippen LogP contribution in [0.5, 0.6) is 11.5 Å². The van der Waals surface area contributed by atoms with Crippen LogP contribution in [-0.4, -0.2) is 14.2 Å². The Hall–Kier alpha value is -4.29. The van der Waals surface area contributed by atoms with Crippen LogP contribution < -0.4 is 9.47 Å². The molecule has 0 aliphatic rings. The Bertz CT molecular complexity index is 1510. The normalized spacial score (nSPS) is 11.8. The predicted octanol–water partition coefficient (Wildman–Crippen LogP) is 7.65. The summed E-state index contributed by atoms with van der Waals surface area (Å²) in [5.41, 5.74) is 4.28. The fourth-order valence-corrected chi connectivity index (χ4v) is 5.07. The van der Waals surface area contributed by atoms with Crippen molar-refractivity contribution in [3.63, 3.8) is 0 Å². The maximum Gasteiger partial charge on any atom is 0.118 e. The molecule has 3 nitrogen and oxygen atoms in total. The predicted molar refractivity (Wildman–Crippen MR) is 142 cm³/mol. The Morgan fingerprint density at radius 1 is 0.657 bits per heavy atom. The van der Waals surface area contributed by atoms with Gasteiger partial charge in [-0.1, -0.05) is 72.8 Å². The number of nitrogens with zero attached hydrogens (tertiary/aromatic N) is 1. The summed E-state index contributed by atoms with van der Waals surface area (Å²) < 4.78 is 10.7. The summed E-state index contributed by atoms with van der Waals surface area (Å²) in [6.07, 6.45) is 1.75. The van der Waals surface area contributed by atoms with Crippen LogP contribution in [0.2, 0.25) is 0 Å². The minimum absolute atomic E-state index is 0.0483. The van der Waals surface area contributed by atoms with Gasteiger partial charge in [0.1, 0.15) is 17.6 Å². The monoisotopic (exact) mass is 457 g/mol. The smallest absolute Gasteiger partial charge is 0.118 e. The van der Waals surface area contributed by atoms with Gasteiger partial charge in [-0.2, -0.15) is 5.26 Å². The van der Waals surface area contributed by atoms with E-state index in [0.717, 1.165) is 51.6 Å². The lowest BCUT2D eigenvalue weighted by molar-refractivity contribution is 0.414. The van der Waals surface area contributed by atoms with Crippen molar-refractivity contribution < 1.29 is 9.47 Å². The van der Waals surface area contributed by atoms with Crippen LogP contribution in [-0.2, 0) is 6.42 Å². The molecule has 3 heteroatoms. The Morgan fingerprint density at radius 2 is 1.17 bits per heavy atom. The molecule has 0 spiro atoms. The van der Waals surface area contributed by atoms with Crippen LogP contribution in [0.4, 0.5) is 0 Å². The minimum Gasteiger partial charge on any atom is -0.497 e. The fraction of sp³-hybridized carbons (Fsp3) is 0.156. The fourth-order valence-electron chi connectivity index (χ4n) is 5.07. The van der Waals surface area contributed by atoms with Crippen molar-refractivity contribution in [3.05, 3.63) is 119 Å². The molecule has 0 heterocycles. The second kappa shape index (κ2) is 9.91. The van der Waals surface area contributed by atoms with E-state index in [2.05, 4.69) is 66.7 Å². The quantitative estimate of drug-likeness (QED) is 0.236. The number of rotatable bonds is 7. The van der Waals surface area contributed by atoms with Crippen LogP contribution in [0.15, 0.2) is 97.1 Å². The largest absolute Gasteiger partial charge is 0.497 e. The summed E-state index contributed by atoms with van der Waals surface area (Å²) in [4.78, 5) is 0. The van der Waals surface area contributed by atoms with Crippen molar-refractivity contribution in [1.29, 1.82) is 5.26 Å². The van der Waals surface area contributed by atoms with E-state index in [9.17, 15) is 5.26 Å². The zero-order chi connectivity index (χ0) is 24.2. The van der Waals surface area contributed by atoms with Crippen LogP contribution in [0.3, 0.4) is 0 Å². The highest BCUT2D eigenvalue weighted by molar-refractivity contribution is 6.12. The molecule has 0 saturated carbocycles. The topological polar surface area (TPSA) is 42.2 Å². The molecule has 172 valence electrons. The molecule has 0 fully saturated rings. The molecule has 0 N–H and O–H groups in total. The van der Waals surface area contributed by atoms with E-state index in [4.69, 9.17) is 9.47 Å². The van der Waals surface area contributed by atoms with E-state index in [-0.39, 0.29) is 5.92 Å². The van der Waals surface area contributed by atoms with Crippen LogP contribution in [0.1, 0.15) is 34.6 Å². The molecule has 0 aliphatic carbocycles. The number of benzene rings is 5. The molecule has 0 amide bonds. The average Bonchev–Trinajstić information content (AvgIpc) is 2.93. The van der Waals surface area contributed by atoms with E-state index in [0.29, 0.717) is 0 Å². The Morgan fingerprint density at radius 3 is 1.74 bits per heavy atom. The van der Waals surface area contributed by atoms with Crippen molar-refractivity contribution in [2.75, 3.05) is 14.2 Å². The molecule has 35 heavy (non-hydrogen) atoms. The summed E-state index contributed by atoms with van der Waals surface area (Å²) in [5, 5.41) is 14.9. The maximum absolute atomic E-state index is 10.4. The van der Waals surface area contributed by atoms with E-state index >= 15 is 0 Å². The third-order valence-corrected chi connectivity index (χ3v) is 6.83. The lowest BCUT2D eigenvalue weighted by atomic mass is 9.79. The van der Waals surface area contributed by atoms with Gasteiger partial charge in [0.2, 0.25) is 0 Å². The van der Waals surface area contributed by atoms with Crippen LogP contribution in [0.25, 0.3) is 21.5 Å². The van der Waals surface area contributed by atoms with Gasteiger partial charge in [-0.25, -0.2) is 0 Å². The first-order chi connectivity index (χ1) is 17.2. The summed E-state index contributed by atoms with van der Waals surface area (Å²) >= 11 is 0. The third-order valence-electron chi connectivity index (χ3n) is 6.83. The molecular formula is C32H27NO2. The van der Waals surface area contributed by atoms with Gasteiger partial charge in [0.05, 0.1) is 19.8 Å². The van der Waals surface area contributed by atoms with Gasteiger partial charge in [-0.15, -0.1) is 0 Å². The van der Waals surface area contributed by atoms with Crippen molar-refractivity contribution in [2.45, 2.75) is 18.8 Å². The first-order valence-electron chi connectivity index (χ1n) is 11.8. The average molecular weight is 458 g/mol. The highest BCUT2D eigenvalue weighted by Crippen LogP contribution is 2.41. The van der Waals surface area contributed by atoms with Gasteiger partial charge in [0.25, 0.3) is 0 Å². The molecule has 5 rings (SSSR count). The number of aryl methyl sites for hydroxylation is 1. The molecule has 0 saturated heterocycles. The number of ether oxygens (including phenoxy) is 2. The molecule has 1 atom stereocenters. The molecule has 0 aliphatic heterocycles. The Kier molecular flexibility index (Phi) is 6.37. The zero-order valence-electron chi connectivity index (χ0n) is 20.0. The van der Waals surface area contributed by atoms with Gasteiger partial charge in [-0.3, -0.25) is 0 Å². The highest BCUT2D eigenvalue weighted by Gasteiger charge is 2.23. The second-order valence-electron chi connectivity index (χ2n) is 8.70. The van der Waals surface area contributed by atoms with Gasteiger partial charge >= 0.3 is 0 Å². The first-order valence-corrected chi connectivity index (χ1v) is 11.8. The molecule has 0 radical (unpaired) electrons. The SMILES string of the molecule is COc1ccc(CCC(c2ccc(OC)cc2)c2c(C#N)c3ccccc3c3ccccc23)cc1. The maximum atomic E-state index is 10.4. The van der Waals surface area contributed by atoms with E-state index in [1.54, 1.807) is 14.2 Å². The Labute approximate surface area is 206 Å².